The van der Waals surface area contributed by atoms with E-state index in [2.05, 4.69) is 12.2 Å². The zero-order valence-corrected chi connectivity index (χ0v) is 13.4. The Kier molecular flexibility index (Phi) is 5.28. The number of amides is 2. The first-order valence-corrected chi connectivity index (χ1v) is 7.78. The highest BCUT2D eigenvalue weighted by Crippen LogP contribution is 2.34. The van der Waals surface area contributed by atoms with Crippen molar-refractivity contribution in [3.63, 3.8) is 0 Å². The molecule has 1 aliphatic heterocycles. The van der Waals surface area contributed by atoms with Gasteiger partial charge in [-0.3, -0.25) is 0 Å². The van der Waals surface area contributed by atoms with Crippen molar-refractivity contribution < 1.29 is 9.90 Å². The fraction of sp³-hybridized carbons (Fsp3) is 0.500. The van der Waals surface area contributed by atoms with E-state index in [0.29, 0.717) is 29.4 Å². The lowest BCUT2D eigenvalue weighted by atomic mass is 9.77. The number of anilines is 1. The minimum absolute atomic E-state index is 0.0471. The van der Waals surface area contributed by atoms with Gasteiger partial charge in [-0.25, -0.2) is 4.79 Å². The topological polar surface area (TPSA) is 76.4 Å². The number of nitrogens with zero attached hydrogens (tertiary/aromatic N) is 2. The van der Waals surface area contributed by atoms with Crippen LogP contribution in [0.2, 0.25) is 5.02 Å². The number of halogens is 1. The third kappa shape index (κ3) is 3.52. The molecule has 1 heterocycles. The number of benzene rings is 1. The summed E-state index contributed by atoms with van der Waals surface area (Å²) in [7, 11) is 0. The van der Waals surface area contributed by atoms with Crippen LogP contribution in [-0.4, -0.2) is 35.7 Å². The Morgan fingerprint density at radius 1 is 1.50 bits per heavy atom. The number of nitriles is 1. The van der Waals surface area contributed by atoms with E-state index in [1.54, 1.807) is 23.1 Å². The zero-order valence-electron chi connectivity index (χ0n) is 12.6. The molecule has 2 rings (SSSR count). The van der Waals surface area contributed by atoms with Crippen molar-refractivity contribution in [3.05, 3.63) is 28.8 Å². The molecule has 2 amide bonds. The molecule has 1 aliphatic rings. The minimum atomic E-state index is -0.177. The van der Waals surface area contributed by atoms with E-state index < -0.39 is 0 Å². The van der Waals surface area contributed by atoms with Crippen LogP contribution in [0.15, 0.2) is 18.2 Å². The van der Waals surface area contributed by atoms with Crippen molar-refractivity contribution in [3.8, 4) is 6.07 Å². The second-order valence-corrected chi connectivity index (χ2v) is 6.14. The van der Waals surface area contributed by atoms with Gasteiger partial charge in [0, 0.05) is 25.4 Å². The van der Waals surface area contributed by atoms with Crippen LogP contribution in [-0.2, 0) is 0 Å². The summed E-state index contributed by atoms with van der Waals surface area (Å²) in [5.74, 6) is 0. The van der Waals surface area contributed by atoms with Crippen LogP contribution in [0.5, 0.6) is 0 Å². The van der Waals surface area contributed by atoms with Gasteiger partial charge in [-0.15, -0.1) is 0 Å². The quantitative estimate of drug-likeness (QED) is 0.897. The van der Waals surface area contributed by atoms with Crippen molar-refractivity contribution in [2.24, 2.45) is 5.41 Å². The van der Waals surface area contributed by atoms with Gasteiger partial charge in [0.25, 0.3) is 0 Å². The van der Waals surface area contributed by atoms with Crippen molar-refractivity contribution in [1.82, 2.24) is 4.90 Å². The highest BCUT2D eigenvalue weighted by molar-refractivity contribution is 6.32. The maximum atomic E-state index is 12.3. The Balaban J connectivity index is 1.97. The van der Waals surface area contributed by atoms with E-state index in [-0.39, 0.29) is 18.1 Å². The molecule has 0 aromatic heterocycles. The Hall–Kier alpha value is -1.77. The van der Waals surface area contributed by atoms with Gasteiger partial charge >= 0.3 is 6.03 Å². The first-order chi connectivity index (χ1) is 10.5. The summed E-state index contributed by atoms with van der Waals surface area (Å²) in [5, 5.41) is 21.5. The van der Waals surface area contributed by atoms with E-state index in [4.69, 9.17) is 16.9 Å². The van der Waals surface area contributed by atoms with Gasteiger partial charge in [0.2, 0.25) is 0 Å². The zero-order chi connectivity index (χ0) is 16.2. The first-order valence-electron chi connectivity index (χ1n) is 7.40. The molecule has 118 valence electrons. The van der Waals surface area contributed by atoms with Gasteiger partial charge in [-0.2, -0.15) is 5.26 Å². The number of carbonyl (C=O) groups is 1. The van der Waals surface area contributed by atoms with Gasteiger partial charge in [-0.1, -0.05) is 18.5 Å². The molecule has 1 fully saturated rings. The number of rotatable bonds is 3. The van der Waals surface area contributed by atoms with E-state index in [1.165, 1.54) is 0 Å². The van der Waals surface area contributed by atoms with Crippen LogP contribution in [0, 0.1) is 16.7 Å². The SMILES string of the molecule is CCC1(CO)CCN(C(=O)Nc2ccc(C#N)c(Cl)c2)CC1. The number of aliphatic hydroxyl groups excluding tert-OH is 1. The predicted molar refractivity (Wildman–Crippen MR) is 85.8 cm³/mol. The van der Waals surface area contributed by atoms with Crippen molar-refractivity contribution >= 4 is 23.3 Å². The molecular formula is C16H20ClN3O2. The molecule has 5 nitrogen and oxygen atoms in total. The molecular weight excluding hydrogens is 302 g/mol. The monoisotopic (exact) mass is 321 g/mol. The second-order valence-electron chi connectivity index (χ2n) is 5.74. The normalized spacial score (nSPS) is 16.9. The van der Waals surface area contributed by atoms with E-state index in [1.807, 2.05) is 6.07 Å². The third-order valence-corrected chi connectivity index (χ3v) is 4.85. The molecule has 2 N–H and O–H groups in total. The van der Waals surface area contributed by atoms with E-state index >= 15 is 0 Å². The summed E-state index contributed by atoms with van der Waals surface area (Å²) in [6, 6.07) is 6.63. The molecule has 22 heavy (non-hydrogen) atoms. The van der Waals surface area contributed by atoms with E-state index in [9.17, 15) is 9.90 Å². The Morgan fingerprint density at radius 3 is 2.68 bits per heavy atom. The van der Waals surface area contributed by atoms with Gasteiger partial charge in [-0.05, 0) is 42.9 Å². The standard InChI is InChI=1S/C16H20ClN3O2/c1-2-16(11-21)5-7-20(8-6-16)15(22)19-13-4-3-12(10-18)14(17)9-13/h3-4,9,21H,2,5-8,11H2,1H3,(H,19,22). The van der Waals surface area contributed by atoms with Crippen molar-refractivity contribution in [1.29, 1.82) is 5.26 Å². The van der Waals surface area contributed by atoms with Gasteiger partial charge in [0.15, 0.2) is 0 Å². The Labute approximate surface area is 135 Å². The number of likely N-dealkylation sites (tertiary alicyclic amines) is 1. The Morgan fingerprint density at radius 2 is 2.18 bits per heavy atom. The number of nitrogens with one attached hydrogen (secondary N) is 1. The minimum Gasteiger partial charge on any atom is -0.396 e. The summed E-state index contributed by atoms with van der Waals surface area (Å²) in [6.07, 6.45) is 2.54. The number of hydrogen-bond acceptors (Lipinski definition) is 3. The number of hydrogen-bond donors (Lipinski definition) is 2. The maximum absolute atomic E-state index is 12.3. The number of piperidine rings is 1. The first kappa shape index (κ1) is 16.6. The highest BCUT2D eigenvalue weighted by atomic mass is 35.5. The van der Waals surface area contributed by atoms with Crippen LogP contribution < -0.4 is 5.32 Å². The van der Waals surface area contributed by atoms with Crippen LogP contribution in [0.3, 0.4) is 0 Å². The number of urea groups is 1. The lowest BCUT2D eigenvalue weighted by Gasteiger charge is -2.40. The smallest absolute Gasteiger partial charge is 0.321 e. The fourth-order valence-corrected chi connectivity index (χ4v) is 2.92. The van der Waals surface area contributed by atoms with E-state index in [0.717, 1.165) is 19.3 Å². The molecule has 0 aliphatic carbocycles. The van der Waals surface area contributed by atoms with Crippen molar-refractivity contribution in [2.45, 2.75) is 26.2 Å². The maximum Gasteiger partial charge on any atom is 0.321 e. The molecule has 1 aromatic carbocycles. The Bertz CT molecular complexity index is 584. The summed E-state index contributed by atoms with van der Waals surface area (Å²) >= 11 is 5.96. The second kappa shape index (κ2) is 6.99. The third-order valence-electron chi connectivity index (χ3n) is 4.54. The lowest BCUT2D eigenvalue weighted by Crippen LogP contribution is -2.46. The average molecular weight is 322 g/mol. The van der Waals surface area contributed by atoms with Crippen LogP contribution in [0.1, 0.15) is 31.7 Å². The number of aliphatic hydroxyl groups is 1. The highest BCUT2D eigenvalue weighted by Gasteiger charge is 2.33. The molecule has 0 radical (unpaired) electrons. The molecule has 6 heteroatoms. The largest absolute Gasteiger partial charge is 0.396 e. The average Bonchev–Trinajstić information content (AvgIpc) is 2.55. The fourth-order valence-electron chi connectivity index (χ4n) is 2.69. The molecule has 1 saturated heterocycles. The lowest BCUT2D eigenvalue weighted by molar-refractivity contribution is 0.0542. The van der Waals surface area contributed by atoms with Gasteiger partial charge < -0.3 is 15.3 Å². The number of carbonyl (C=O) groups excluding carboxylic acids is 1. The molecule has 0 bridgehead atoms. The summed E-state index contributed by atoms with van der Waals surface area (Å²) in [6.45, 7) is 3.50. The summed E-state index contributed by atoms with van der Waals surface area (Å²) in [4.78, 5) is 14.0. The van der Waals surface area contributed by atoms with Crippen LogP contribution in [0.4, 0.5) is 10.5 Å². The molecule has 0 atom stereocenters. The van der Waals surface area contributed by atoms with Crippen LogP contribution in [0.25, 0.3) is 0 Å². The summed E-state index contributed by atoms with van der Waals surface area (Å²) < 4.78 is 0. The van der Waals surface area contributed by atoms with Gasteiger partial charge in [0.05, 0.1) is 10.6 Å². The van der Waals surface area contributed by atoms with Crippen molar-refractivity contribution in [2.75, 3.05) is 25.0 Å². The molecule has 0 unspecified atom stereocenters. The molecule has 1 aromatic rings. The molecule has 0 spiro atoms. The van der Waals surface area contributed by atoms with Gasteiger partial charge in [0.1, 0.15) is 6.07 Å². The molecule has 0 saturated carbocycles. The summed E-state index contributed by atoms with van der Waals surface area (Å²) in [5.41, 5.74) is 0.908. The van der Waals surface area contributed by atoms with Crippen LogP contribution >= 0.6 is 11.6 Å². The predicted octanol–water partition coefficient (Wildman–Crippen LogP) is 3.23.